The van der Waals surface area contributed by atoms with Crippen molar-refractivity contribution in [3.63, 3.8) is 0 Å². The molecule has 0 amide bonds. The summed E-state index contributed by atoms with van der Waals surface area (Å²) in [4.78, 5) is 33.5. The Kier molecular flexibility index (Phi) is 3.79. The van der Waals surface area contributed by atoms with Crippen LogP contribution in [0.4, 0.5) is 0 Å². The van der Waals surface area contributed by atoms with E-state index in [-0.39, 0.29) is 0 Å². The normalized spacial score (nSPS) is 19.2. The van der Waals surface area contributed by atoms with Crippen molar-refractivity contribution in [2.24, 2.45) is 13.0 Å². The van der Waals surface area contributed by atoms with Crippen LogP contribution in [0.2, 0.25) is 0 Å². The number of likely N-dealkylation sites (tertiary alicyclic amines) is 1. The van der Waals surface area contributed by atoms with E-state index < -0.39 is 11.2 Å². The smallest absolute Gasteiger partial charge is 0.313 e. The molecule has 134 valence electrons. The minimum atomic E-state index is -0.441. The summed E-state index contributed by atoms with van der Waals surface area (Å²) in [6.45, 7) is 8.40. The molecule has 1 aliphatic heterocycles. The number of nitrogens with one attached hydrogen (secondary N) is 1. The Morgan fingerprint density at radius 2 is 2.12 bits per heavy atom. The first-order chi connectivity index (χ1) is 12.0. The SMILES string of the molecule is Cc1cn2c3c(=O)[nH]c(=O)n(C)c3nc2n1CCN1CCC[C@@H](C)C1. The molecule has 0 unspecified atom stereocenters. The van der Waals surface area contributed by atoms with Crippen molar-refractivity contribution in [3.05, 3.63) is 32.7 Å². The highest BCUT2D eigenvalue weighted by Gasteiger charge is 2.19. The molecule has 1 saturated heterocycles. The van der Waals surface area contributed by atoms with Gasteiger partial charge < -0.3 is 9.47 Å². The van der Waals surface area contributed by atoms with Crippen LogP contribution in [0.5, 0.6) is 0 Å². The van der Waals surface area contributed by atoms with Crippen LogP contribution in [-0.4, -0.2) is 48.0 Å². The van der Waals surface area contributed by atoms with Gasteiger partial charge in [0.1, 0.15) is 0 Å². The van der Waals surface area contributed by atoms with Gasteiger partial charge in [0.15, 0.2) is 11.2 Å². The van der Waals surface area contributed by atoms with Gasteiger partial charge in [-0.05, 0) is 32.2 Å². The second-order valence-corrected chi connectivity index (χ2v) is 7.24. The number of aryl methyl sites for hydroxylation is 2. The van der Waals surface area contributed by atoms with Gasteiger partial charge in [-0.3, -0.25) is 18.7 Å². The predicted molar refractivity (Wildman–Crippen MR) is 96.1 cm³/mol. The zero-order valence-electron chi connectivity index (χ0n) is 14.9. The number of aromatic amines is 1. The fourth-order valence-corrected chi connectivity index (χ4v) is 3.92. The summed E-state index contributed by atoms with van der Waals surface area (Å²) in [5, 5.41) is 0. The van der Waals surface area contributed by atoms with Gasteiger partial charge in [0.2, 0.25) is 5.78 Å². The number of fused-ring (bicyclic) bond motifs is 3. The average molecular weight is 344 g/mol. The summed E-state index contributed by atoms with van der Waals surface area (Å²) in [7, 11) is 1.62. The van der Waals surface area contributed by atoms with E-state index in [1.54, 1.807) is 11.4 Å². The highest BCUT2D eigenvalue weighted by molar-refractivity contribution is 5.75. The van der Waals surface area contributed by atoms with Crippen LogP contribution in [0.1, 0.15) is 25.5 Å². The van der Waals surface area contributed by atoms with Crippen molar-refractivity contribution in [2.75, 3.05) is 19.6 Å². The third-order valence-electron chi connectivity index (χ3n) is 5.30. The van der Waals surface area contributed by atoms with Gasteiger partial charge in [-0.15, -0.1) is 0 Å². The molecule has 3 aromatic rings. The molecular weight excluding hydrogens is 320 g/mol. The Labute approximate surface area is 144 Å². The molecule has 1 N–H and O–H groups in total. The summed E-state index contributed by atoms with van der Waals surface area (Å²) in [6.07, 6.45) is 4.49. The monoisotopic (exact) mass is 344 g/mol. The maximum absolute atomic E-state index is 12.2. The van der Waals surface area contributed by atoms with Gasteiger partial charge in [0.25, 0.3) is 5.56 Å². The van der Waals surface area contributed by atoms with E-state index in [9.17, 15) is 9.59 Å². The Balaban J connectivity index is 1.74. The first-order valence-corrected chi connectivity index (χ1v) is 8.85. The number of rotatable bonds is 3. The van der Waals surface area contributed by atoms with Crippen molar-refractivity contribution in [2.45, 2.75) is 33.2 Å². The fourth-order valence-electron chi connectivity index (χ4n) is 3.92. The Hall–Kier alpha value is -2.35. The summed E-state index contributed by atoms with van der Waals surface area (Å²) in [6, 6.07) is 0. The van der Waals surface area contributed by atoms with Crippen molar-refractivity contribution in [1.29, 1.82) is 0 Å². The van der Waals surface area contributed by atoms with Gasteiger partial charge in [-0.25, -0.2) is 4.79 Å². The lowest BCUT2D eigenvalue weighted by Gasteiger charge is -2.30. The maximum Gasteiger partial charge on any atom is 0.329 e. The summed E-state index contributed by atoms with van der Waals surface area (Å²) in [5.74, 6) is 1.46. The van der Waals surface area contributed by atoms with Crippen LogP contribution in [0.25, 0.3) is 16.9 Å². The van der Waals surface area contributed by atoms with Crippen molar-refractivity contribution < 1.29 is 0 Å². The lowest BCUT2D eigenvalue weighted by Crippen LogP contribution is -2.36. The van der Waals surface area contributed by atoms with E-state index in [4.69, 9.17) is 0 Å². The van der Waals surface area contributed by atoms with E-state index in [1.165, 1.54) is 17.4 Å². The van der Waals surface area contributed by atoms with Crippen molar-refractivity contribution in [3.8, 4) is 0 Å². The van der Waals surface area contributed by atoms with Crippen LogP contribution in [-0.2, 0) is 13.6 Å². The van der Waals surface area contributed by atoms with E-state index in [0.717, 1.165) is 37.8 Å². The maximum atomic E-state index is 12.2. The molecule has 0 bridgehead atoms. The molecular formula is C17H24N6O2. The molecule has 8 heteroatoms. The summed E-state index contributed by atoms with van der Waals surface area (Å²) in [5.41, 5.74) is 1.06. The second-order valence-electron chi connectivity index (χ2n) is 7.24. The molecule has 4 rings (SSSR count). The lowest BCUT2D eigenvalue weighted by atomic mass is 10.0. The van der Waals surface area contributed by atoms with Crippen LogP contribution in [0.3, 0.4) is 0 Å². The number of aromatic nitrogens is 5. The zero-order chi connectivity index (χ0) is 17.7. The van der Waals surface area contributed by atoms with Crippen LogP contribution in [0.15, 0.2) is 15.8 Å². The molecule has 0 aromatic carbocycles. The number of hydrogen-bond donors (Lipinski definition) is 1. The first kappa shape index (κ1) is 16.1. The minimum Gasteiger partial charge on any atom is -0.313 e. The quantitative estimate of drug-likeness (QED) is 0.759. The molecule has 0 spiro atoms. The largest absolute Gasteiger partial charge is 0.329 e. The first-order valence-electron chi connectivity index (χ1n) is 8.85. The number of imidazole rings is 2. The zero-order valence-corrected chi connectivity index (χ0v) is 14.9. The van der Waals surface area contributed by atoms with Crippen LogP contribution in [0, 0.1) is 12.8 Å². The third-order valence-corrected chi connectivity index (χ3v) is 5.30. The molecule has 1 aliphatic rings. The van der Waals surface area contributed by atoms with Crippen LogP contribution >= 0.6 is 0 Å². The average Bonchev–Trinajstić information content (AvgIpc) is 3.06. The Bertz CT molecular complexity index is 1050. The highest BCUT2D eigenvalue weighted by Crippen LogP contribution is 2.18. The van der Waals surface area contributed by atoms with E-state index in [2.05, 4.69) is 26.4 Å². The number of hydrogen-bond acceptors (Lipinski definition) is 4. The molecule has 25 heavy (non-hydrogen) atoms. The van der Waals surface area contributed by atoms with Gasteiger partial charge in [0, 0.05) is 38.6 Å². The number of piperidine rings is 1. The van der Waals surface area contributed by atoms with Gasteiger partial charge in [-0.1, -0.05) is 6.92 Å². The molecule has 0 radical (unpaired) electrons. The Morgan fingerprint density at radius 1 is 1.32 bits per heavy atom. The Morgan fingerprint density at radius 3 is 2.88 bits per heavy atom. The van der Waals surface area contributed by atoms with Gasteiger partial charge >= 0.3 is 5.69 Å². The van der Waals surface area contributed by atoms with E-state index >= 15 is 0 Å². The number of nitrogens with zero attached hydrogens (tertiary/aromatic N) is 5. The summed E-state index contributed by atoms with van der Waals surface area (Å²) >= 11 is 0. The molecule has 3 aromatic heterocycles. The molecule has 0 aliphatic carbocycles. The van der Waals surface area contributed by atoms with Crippen molar-refractivity contribution >= 4 is 16.9 Å². The van der Waals surface area contributed by atoms with Gasteiger partial charge in [-0.2, -0.15) is 4.98 Å². The minimum absolute atomic E-state index is 0.396. The van der Waals surface area contributed by atoms with Crippen LogP contribution < -0.4 is 11.2 Å². The van der Waals surface area contributed by atoms with E-state index in [0.29, 0.717) is 16.9 Å². The van der Waals surface area contributed by atoms with Gasteiger partial charge in [0.05, 0.1) is 0 Å². The molecule has 4 heterocycles. The summed E-state index contributed by atoms with van der Waals surface area (Å²) < 4.78 is 5.31. The number of H-pyrrole nitrogens is 1. The highest BCUT2D eigenvalue weighted by atomic mass is 16.2. The molecule has 1 atom stereocenters. The van der Waals surface area contributed by atoms with Crippen molar-refractivity contribution in [1.82, 2.24) is 28.4 Å². The fraction of sp³-hybridized carbons (Fsp3) is 0.588. The third kappa shape index (κ3) is 2.60. The topological polar surface area (TPSA) is 80.3 Å². The predicted octanol–water partition coefficient (Wildman–Crippen LogP) is 0.716. The van der Waals surface area contributed by atoms with E-state index in [1.807, 2.05) is 13.1 Å². The second kappa shape index (κ2) is 5.87. The standard InChI is InChI=1S/C17H24N6O2/c1-11-5-4-6-21(9-11)7-8-22-12(2)10-23-13-14(18-16(22)23)20(3)17(25)19-15(13)24/h10-11H,4-9H2,1-3H3,(H,19,24,25)/t11-/m1/s1. The lowest BCUT2D eigenvalue weighted by molar-refractivity contribution is 0.178. The molecule has 0 saturated carbocycles. The molecule has 1 fully saturated rings. The molecule has 8 nitrogen and oxygen atoms in total.